The Morgan fingerprint density at radius 2 is 2.20 bits per heavy atom. The van der Waals surface area contributed by atoms with E-state index >= 15 is 0 Å². The summed E-state index contributed by atoms with van der Waals surface area (Å²) in [4.78, 5) is 4.55. The average molecular weight is 331 g/mol. The summed E-state index contributed by atoms with van der Waals surface area (Å²) in [6, 6.07) is 5.48. The van der Waals surface area contributed by atoms with Crippen molar-refractivity contribution in [1.82, 2.24) is 10.3 Å². The van der Waals surface area contributed by atoms with Gasteiger partial charge in [0.25, 0.3) is 0 Å². The lowest BCUT2D eigenvalue weighted by Crippen LogP contribution is -2.26. The highest BCUT2D eigenvalue weighted by molar-refractivity contribution is 7.09. The Kier molecular flexibility index (Phi) is 5.81. The molecule has 0 spiro atoms. The highest BCUT2D eigenvalue weighted by atomic mass is 35.5. The van der Waals surface area contributed by atoms with Crippen LogP contribution in [0.15, 0.2) is 23.6 Å². The van der Waals surface area contributed by atoms with Gasteiger partial charge in [-0.15, -0.1) is 11.3 Å². The maximum atomic E-state index is 6.31. The highest BCUT2D eigenvalue weighted by Gasteiger charge is 2.19. The van der Waals surface area contributed by atoms with Crippen LogP contribution in [0.5, 0.6) is 0 Å². The third-order valence-electron chi connectivity index (χ3n) is 2.81. The lowest BCUT2D eigenvalue weighted by Gasteiger charge is -2.18. The predicted octanol–water partition coefficient (Wildman–Crippen LogP) is 4.08. The monoisotopic (exact) mass is 330 g/mol. The molecule has 1 atom stereocenters. The lowest BCUT2D eigenvalue weighted by atomic mass is 10.1. The second kappa shape index (κ2) is 7.38. The third-order valence-corrected chi connectivity index (χ3v) is 4.40. The van der Waals surface area contributed by atoms with Crippen molar-refractivity contribution in [2.75, 3.05) is 20.3 Å². The summed E-state index contributed by atoms with van der Waals surface area (Å²) in [5.74, 6) is 0. The molecule has 3 nitrogen and oxygen atoms in total. The first-order chi connectivity index (χ1) is 9.61. The van der Waals surface area contributed by atoms with Crippen molar-refractivity contribution < 1.29 is 4.74 Å². The predicted molar refractivity (Wildman–Crippen MR) is 85.0 cm³/mol. The number of thiazole rings is 1. The molecule has 0 radical (unpaired) electrons. The molecular formula is C14H16Cl2N2OS. The number of methoxy groups -OCH3 is 1. The molecule has 0 amide bonds. The average Bonchev–Trinajstić information content (AvgIpc) is 2.82. The molecule has 2 aromatic rings. The zero-order chi connectivity index (χ0) is 14.5. The maximum Gasteiger partial charge on any atom is 0.114 e. The smallest absolute Gasteiger partial charge is 0.114 e. The van der Waals surface area contributed by atoms with Gasteiger partial charge in [-0.3, -0.25) is 0 Å². The summed E-state index contributed by atoms with van der Waals surface area (Å²) < 4.78 is 5.08. The first-order valence-electron chi connectivity index (χ1n) is 6.21. The van der Waals surface area contributed by atoms with E-state index in [1.807, 2.05) is 24.4 Å². The van der Waals surface area contributed by atoms with E-state index in [4.69, 9.17) is 27.9 Å². The minimum atomic E-state index is -0.0476. The molecule has 20 heavy (non-hydrogen) atoms. The van der Waals surface area contributed by atoms with Crippen molar-refractivity contribution >= 4 is 34.5 Å². The van der Waals surface area contributed by atoms with Crippen molar-refractivity contribution in [1.29, 1.82) is 0 Å². The minimum Gasteiger partial charge on any atom is -0.383 e. The van der Waals surface area contributed by atoms with Crippen molar-refractivity contribution in [2.24, 2.45) is 0 Å². The normalized spacial score (nSPS) is 12.6. The molecule has 0 saturated carbocycles. The van der Waals surface area contributed by atoms with Gasteiger partial charge in [0, 0.05) is 34.8 Å². The van der Waals surface area contributed by atoms with E-state index in [-0.39, 0.29) is 6.04 Å². The number of benzene rings is 1. The van der Waals surface area contributed by atoms with Crippen LogP contribution in [0.25, 0.3) is 0 Å². The molecule has 1 unspecified atom stereocenters. The van der Waals surface area contributed by atoms with E-state index < -0.39 is 0 Å². The fraction of sp³-hybridized carbons (Fsp3) is 0.357. The van der Waals surface area contributed by atoms with Crippen molar-refractivity contribution in [3.05, 3.63) is 49.9 Å². The van der Waals surface area contributed by atoms with E-state index in [1.165, 1.54) is 0 Å². The highest BCUT2D eigenvalue weighted by Crippen LogP contribution is 2.31. The number of aromatic nitrogens is 1. The SMILES string of the molecule is COCCNC(c1nc(C)cs1)c1ccc(Cl)cc1Cl. The number of aryl methyl sites for hydroxylation is 1. The summed E-state index contributed by atoms with van der Waals surface area (Å²) in [6.45, 7) is 3.33. The van der Waals surface area contributed by atoms with Crippen molar-refractivity contribution in [3.63, 3.8) is 0 Å². The van der Waals surface area contributed by atoms with Crippen LogP contribution in [0.3, 0.4) is 0 Å². The molecule has 0 aliphatic rings. The zero-order valence-electron chi connectivity index (χ0n) is 11.3. The van der Waals surface area contributed by atoms with Gasteiger partial charge < -0.3 is 10.1 Å². The first kappa shape index (κ1) is 15.7. The van der Waals surface area contributed by atoms with Gasteiger partial charge in [0.05, 0.1) is 12.6 Å². The number of ether oxygens (including phenoxy) is 1. The van der Waals surface area contributed by atoms with Crippen LogP contribution in [-0.2, 0) is 4.74 Å². The maximum absolute atomic E-state index is 6.31. The third kappa shape index (κ3) is 3.93. The molecule has 1 aromatic heterocycles. The molecule has 0 aliphatic heterocycles. The molecule has 1 aromatic carbocycles. The number of halogens is 2. The standard InChI is InChI=1S/C14H16Cl2N2OS/c1-9-8-20-14(18-9)13(17-5-6-19-2)11-4-3-10(15)7-12(11)16/h3-4,7-8,13,17H,5-6H2,1-2H3. The van der Waals surface area contributed by atoms with E-state index in [0.717, 1.165) is 22.8 Å². The van der Waals surface area contributed by atoms with Crippen molar-refractivity contribution in [3.8, 4) is 0 Å². The number of hydrogen-bond acceptors (Lipinski definition) is 4. The van der Waals surface area contributed by atoms with E-state index in [2.05, 4.69) is 10.3 Å². The summed E-state index contributed by atoms with van der Waals surface area (Å²) >= 11 is 13.9. The van der Waals surface area contributed by atoms with Crippen LogP contribution < -0.4 is 5.32 Å². The van der Waals surface area contributed by atoms with E-state index in [0.29, 0.717) is 16.7 Å². The summed E-state index contributed by atoms with van der Waals surface area (Å²) in [5.41, 5.74) is 1.98. The Morgan fingerprint density at radius 3 is 2.80 bits per heavy atom. The quantitative estimate of drug-likeness (QED) is 0.810. The van der Waals surface area contributed by atoms with Crippen molar-refractivity contribution in [2.45, 2.75) is 13.0 Å². The molecule has 2 rings (SSSR count). The molecule has 0 saturated heterocycles. The Bertz CT molecular complexity index is 574. The largest absolute Gasteiger partial charge is 0.383 e. The second-order valence-corrected chi connectivity index (χ2v) is 6.11. The van der Waals surface area contributed by atoms with Gasteiger partial charge >= 0.3 is 0 Å². The fourth-order valence-electron chi connectivity index (χ4n) is 1.88. The van der Waals surface area contributed by atoms with Crippen LogP contribution in [0.1, 0.15) is 22.3 Å². The van der Waals surface area contributed by atoms with Gasteiger partial charge in [0.2, 0.25) is 0 Å². The number of rotatable bonds is 6. The summed E-state index contributed by atoms with van der Waals surface area (Å²) in [5, 5.41) is 7.71. The molecule has 6 heteroatoms. The second-order valence-electron chi connectivity index (χ2n) is 4.37. The summed E-state index contributed by atoms with van der Waals surface area (Å²) in [6.07, 6.45) is 0. The zero-order valence-corrected chi connectivity index (χ0v) is 13.6. The first-order valence-corrected chi connectivity index (χ1v) is 7.84. The van der Waals surface area contributed by atoms with Gasteiger partial charge in [0.1, 0.15) is 5.01 Å². The minimum absolute atomic E-state index is 0.0476. The van der Waals surface area contributed by atoms with E-state index in [1.54, 1.807) is 24.5 Å². The van der Waals surface area contributed by atoms with Crippen LogP contribution in [0, 0.1) is 6.92 Å². The molecule has 1 N–H and O–H groups in total. The van der Waals surface area contributed by atoms with Gasteiger partial charge in [0.15, 0.2) is 0 Å². The Labute approximate surface area is 132 Å². The number of hydrogen-bond donors (Lipinski definition) is 1. The lowest BCUT2D eigenvalue weighted by molar-refractivity contribution is 0.197. The van der Waals surface area contributed by atoms with Gasteiger partial charge in [-0.1, -0.05) is 29.3 Å². The molecule has 0 bridgehead atoms. The molecule has 0 aliphatic carbocycles. The summed E-state index contributed by atoms with van der Waals surface area (Å²) in [7, 11) is 1.68. The van der Waals surface area contributed by atoms with Gasteiger partial charge in [-0.05, 0) is 24.6 Å². The van der Waals surface area contributed by atoms with Gasteiger partial charge in [-0.25, -0.2) is 4.98 Å². The van der Waals surface area contributed by atoms with Crippen LogP contribution in [0.4, 0.5) is 0 Å². The van der Waals surface area contributed by atoms with E-state index in [9.17, 15) is 0 Å². The fourth-order valence-corrected chi connectivity index (χ4v) is 3.28. The topological polar surface area (TPSA) is 34.1 Å². The van der Waals surface area contributed by atoms with Crippen LogP contribution in [-0.4, -0.2) is 25.2 Å². The molecular weight excluding hydrogens is 315 g/mol. The van der Waals surface area contributed by atoms with Crippen LogP contribution in [0.2, 0.25) is 10.0 Å². The molecule has 108 valence electrons. The Balaban J connectivity index is 2.30. The molecule has 0 fully saturated rings. The Hall–Kier alpha value is -0.650. The number of nitrogens with zero attached hydrogens (tertiary/aromatic N) is 1. The van der Waals surface area contributed by atoms with Gasteiger partial charge in [-0.2, -0.15) is 0 Å². The Morgan fingerprint density at radius 1 is 1.40 bits per heavy atom. The number of nitrogens with one attached hydrogen (secondary N) is 1. The molecule has 1 heterocycles. The van der Waals surface area contributed by atoms with Crippen LogP contribution >= 0.6 is 34.5 Å².